The van der Waals surface area contributed by atoms with Gasteiger partial charge >= 0.3 is 5.97 Å². The molecule has 0 aliphatic carbocycles. The molecule has 0 radical (unpaired) electrons. The average Bonchev–Trinajstić information content (AvgIpc) is 2.49. The van der Waals surface area contributed by atoms with Gasteiger partial charge in [-0.05, 0) is 36.5 Å². The Kier molecular flexibility index (Phi) is 4.56. The Balaban J connectivity index is 2.48. The molecular formula is C15H12N2O5S. The molecule has 1 aromatic carbocycles. The summed E-state index contributed by atoms with van der Waals surface area (Å²) in [7, 11) is 0. The van der Waals surface area contributed by atoms with E-state index in [-0.39, 0.29) is 34.1 Å². The number of hydrogen-bond donors (Lipinski definition) is 3. The van der Waals surface area contributed by atoms with E-state index in [2.05, 4.69) is 11.9 Å². The summed E-state index contributed by atoms with van der Waals surface area (Å²) < 4.78 is 0. The van der Waals surface area contributed by atoms with Crippen molar-refractivity contribution in [1.82, 2.24) is 10.2 Å². The molecular weight excluding hydrogens is 320 g/mol. The molecule has 1 heterocycles. The molecule has 7 nitrogen and oxygen atoms in total. The summed E-state index contributed by atoms with van der Waals surface area (Å²) in [4.78, 5) is 36.4. The smallest absolute Gasteiger partial charge is 0.335 e. The van der Waals surface area contributed by atoms with E-state index in [1.807, 2.05) is 0 Å². The molecule has 3 N–H and O–H groups in total. The van der Waals surface area contributed by atoms with Crippen LogP contribution >= 0.6 is 12.2 Å². The molecule has 1 aliphatic rings. The van der Waals surface area contributed by atoms with E-state index in [1.54, 1.807) is 0 Å². The molecule has 0 aromatic heterocycles. The summed E-state index contributed by atoms with van der Waals surface area (Å²) in [5.41, 5.74) is -0.315. The van der Waals surface area contributed by atoms with Crippen LogP contribution in [0.3, 0.4) is 0 Å². The molecule has 23 heavy (non-hydrogen) atoms. The lowest BCUT2D eigenvalue weighted by atomic mass is 10.0. The lowest BCUT2D eigenvalue weighted by Crippen LogP contribution is -2.53. The molecule has 0 saturated carbocycles. The third-order valence-corrected chi connectivity index (χ3v) is 3.39. The highest BCUT2D eigenvalue weighted by Gasteiger charge is 2.32. The summed E-state index contributed by atoms with van der Waals surface area (Å²) >= 11 is 4.92. The number of nitrogens with zero attached hydrogens (tertiary/aromatic N) is 1. The maximum absolute atomic E-state index is 12.3. The summed E-state index contributed by atoms with van der Waals surface area (Å²) in [5, 5.41) is 21.1. The van der Waals surface area contributed by atoms with Gasteiger partial charge in [0.05, 0.1) is 5.56 Å². The van der Waals surface area contributed by atoms with Crippen LogP contribution in [0.4, 0.5) is 0 Å². The molecule has 1 aliphatic heterocycles. The predicted octanol–water partition coefficient (Wildman–Crippen LogP) is 0.903. The highest BCUT2D eigenvalue weighted by Crippen LogP contribution is 2.23. The maximum atomic E-state index is 12.3. The van der Waals surface area contributed by atoms with E-state index in [0.29, 0.717) is 0 Å². The molecule has 8 heteroatoms. The van der Waals surface area contributed by atoms with Gasteiger partial charge in [-0.3, -0.25) is 19.8 Å². The lowest BCUT2D eigenvalue weighted by Gasteiger charge is -2.27. The van der Waals surface area contributed by atoms with Crippen LogP contribution in [0.25, 0.3) is 6.08 Å². The summed E-state index contributed by atoms with van der Waals surface area (Å²) in [6.45, 7) is 3.61. The van der Waals surface area contributed by atoms with Crippen LogP contribution in [0, 0.1) is 0 Å². The number of rotatable bonds is 4. The van der Waals surface area contributed by atoms with Crippen molar-refractivity contribution >= 4 is 41.2 Å². The normalized spacial score (nSPS) is 16.4. The molecule has 1 saturated heterocycles. The SMILES string of the molecule is C=CCN1C(=O)/C(=C/c2cc(C(=O)O)ccc2O)C(=O)NC1=S. The molecule has 2 amide bonds. The van der Waals surface area contributed by atoms with Gasteiger partial charge in [-0.25, -0.2) is 4.79 Å². The molecule has 118 valence electrons. The molecule has 0 unspecified atom stereocenters. The first-order valence-electron chi connectivity index (χ1n) is 6.41. The van der Waals surface area contributed by atoms with E-state index in [9.17, 15) is 19.5 Å². The van der Waals surface area contributed by atoms with Crippen molar-refractivity contribution in [3.05, 3.63) is 47.6 Å². The number of phenols is 1. The van der Waals surface area contributed by atoms with Crippen LogP contribution in [0.2, 0.25) is 0 Å². The average molecular weight is 332 g/mol. The second-order valence-corrected chi connectivity index (χ2v) is 4.99. The molecule has 1 fully saturated rings. The molecule has 0 atom stereocenters. The van der Waals surface area contributed by atoms with Crippen LogP contribution in [0.1, 0.15) is 15.9 Å². The van der Waals surface area contributed by atoms with Crippen molar-refractivity contribution in [3.63, 3.8) is 0 Å². The van der Waals surface area contributed by atoms with Crippen molar-refractivity contribution in [1.29, 1.82) is 0 Å². The highest BCUT2D eigenvalue weighted by atomic mass is 32.1. The van der Waals surface area contributed by atoms with Crippen LogP contribution in [0.5, 0.6) is 5.75 Å². The topological polar surface area (TPSA) is 107 Å². The van der Waals surface area contributed by atoms with E-state index >= 15 is 0 Å². The first kappa shape index (κ1) is 16.4. The molecule has 1 aromatic rings. The van der Waals surface area contributed by atoms with Crippen molar-refractivity contribution in [2.24, 2.45) is 0 Å². The third kappa shape index (κ3) is 3.27. The Morgan fingerprint density at radius 2 is 2.09 bits per heavy atom. The number of phenolic OH excluding ortho intramolecular Hbond substituents is 1. The predicted molar refractivity (Wildman–Crippen MR) is 85.7 cm³/mol. The quantitative estimate of drug-likeness (QED) is 0.327. The number of carbonyl (C=O) groups is 3. The zero-order valence-corrected chi connectivity index (χ0v) is 12.6. The monoisotopic (exact) mass is 332 g/mol. The minimum atomic E-state index is -1.20. The number of amides is 2. The van der Waals surface area contributed by atoms with E-state index < -0.39 is 17.8 Å². The molecule has 0 bridgehead atoms. The van der Waals surface area contributed by atoms with Crippen molar-refractivity contribution in [2.75, 3.05) is 6.54 Å². The fraction of sp³-hybridized carbons (Fsp3) is 0.0667. The van der Waals surface area contributed by atoms with Gasteiger partial charge in [0.15, 0.2) is 5.11 Å². The summed E-state index contributed by atoms with van der Waals surface area (Å²) in [6, 6.07) is 3.55. The summed E-state index contributed by atoms with van der Waals surface area (Å²) in [6.07, 6.45) is 2.57. The van der Waals surface area contributed by atoms with Crippen molar-refractivity contribution in [3.8, 4) is 5.75 Å². The zero-order chi connectivity index (χ0) is 17.1. The lowest BCUT2D eigenvalue weighted by molar-refractivity contribution is -0.128. The van der Waals surface area contributed by atoms with Gasteiger partial charge < -0.3 is 10.2 Å². The van der Waals surface area contributed by atoms with Crippen LogP contribution < -0.4 is 5.32 Å². The van der Waals surface area contributed by atoms with Gasteiger partial charge in [0, 0.05) is 12.1 Å². The van der Waals surface area contributed by atoms with Crippen LogP contribution in [0.15, 0.2) is 36.4 Å². The highest BCUT2D eigenvalue weighted by molar-refractivity contribution is 7.80. The van der Waals surface area contributed by atoms with Gasteiger partial charge in [-0.15, -0.1) is 6.58 Å². The zero-order valence-electron chi connectivity index (χ0n) is 11.8. The minimum absolute atomic E-state index is 0.0368. The van der Waals surface area contributed by atoms with Gasteiger partial charge in [-0.2, -0.15) is 0 Å². The molecule has 2 rings (SSSR count). The third-order valence-electron chi connectivity index (χ3n) is 3.07. The Labute approximate surface area is 136 Å². The van der Waals surface area contributed by atoms with Crippen LogP contribution in [-0.4, -0.2) is 44.6 Å². The number of aromatic hydroxyl groups is 1. The Bertz CT molecular complexity index is 769. The van der Waals surface area contributed by atoms with E-state index in [4.69, 9.17) is 17.3 Å². The van der Waals surface area contributed by atoms with E-state index in [0.717, 1.165) is 17.0 Å². The first-order chi connectivity index (χ1) is 10.8. The maximum Gasteiger partial charge on any atom is 0.335 e. The van der Waals surface area contributed by atoms with Crippen molar-refractivity contribution in [2.45, 2.75) is 0 Å². The largest absolute Gasteiger partial charge is 0.507 e. The minimum Gasteiger partial charge on any atom is -0.507 e. The fourth-order valence-corrected chi connectivity index (χ4v) is 2.20. The van der Waals surface area contributed by atoms with Gasteiger partial charge in [0.2, 0.25) is 0 Å². The van der Waals surface area contributed by atoms with Crippen molar-refractivity contribution < 1.29 is 24.6 Å². The van der Waals surface area contributed by atoms with Gasteiger partial charge in [-0.1, -0.05) is 6.08 Å². The Hall–Kier alpha value is -3.00. The van der Waals surface area contributed by atoms with Gasteiger partial charge in [0.25, 0.3) is 11.8 Å². The number of nitrogens with one attached hydrogen (secondary N) is 1. The first-order valence-corrected chi connectivity index (χ1v) is 6.82. The Morgan fingerprint density at radius 3 is 2.70 bits per heavy atom. The standard InChI is InChI=1S/C15H12N2O5S/c1-2-5-17-13(20)10(12(19)16-15(17)23)7-9-6-8(14(21)22)3-4-11(9)18/h2-4,6-7,18H,1,5H2,(H,21,22)(H,16,19,23)/b10-7+. The fourth-order valence-electron chi connectivity index (χ4n) is 1.95. The number of carboxylic acid groups (broad SMARTS) is 1. The number of thiocarbonyl (C=S) groups is 1. The number of carbonyl (C=O) groups excluding carboxylic acids is 2. The number of aromatic carboxylic acids is 1. The van der Waals surface area contributed by atoms with Crippen LogP contribution in [-0.2, 0) is 9.59 Å². The van der Waals surface area contributed by atoms with Gasteiger partial charge in [0.1, 0.15) is 11.3 Å². The second-order valence-electron chi connectivity index (χ2n) is 4.60. The van der Waals surface area contributed by atoms with E-state index in [1.165, 1.54) is 18.2 Å². The second kappa shape index (κ2) is 6.41. The number of carboxylic acids is 1. The Morgan fingerprint density at radius 1 is 1.39 bits per heavy atom. The number of hydrogen-bond acceptors (Lipinski definition) is 5. The summed E-state index contributed by atoms with van der Waals surface area (Å²) in [5.74, 6) is -2.83. The number of benzene rings is 1. The molecule has 0 spiro atoms.